The zero-order valence-corrected chi connectivity index (χ0v) is 12.7. The molecule has 0 aliphatic heterocycles. The first-order chi connectivity index (χ1) is 8.15. The summed E-state index contributed by atoms with van der Waals surface area (Å²) < 4.78 is 7.69. The average Bonchev–Trinajstić information content (AvgIpc) is 3.09. The predicted molar refractivity (Wildman–Crippen MR) is 77.5 cm³/mol. The third kappa shape index (κ3) is 4.45. The van der Waals surface area contributed by atoms with Gasteiger partial charge in [-0.1, -0.05) is 22.5 Å². The molecule has 92 valence electrons. The fourth-order valence-corrected chi connectivity index (χ4v) is 2.56. The van der Waals surface area contributed by atoms with Crippen LogP contribution in [0.2, 0.25) is 0 Å². The molecule has 1 aliphatic carbocycles. The number of nitrogens with one attached hydrogen (secondary N) is 1. The smallest absolute Gasteiger partial charge is 0.134 e. The molecule has 0 amide bonds. The van der Waals surface area contributed by atoms with Crippen LogP contribution in [-0.4, -0.2) is 19.2 Å². The quantitative estimate of drug-likeness (QED) is 0.777. The number of ether oxygens (including phenoxy) is 1. The van der Waals surface area contributed by atoms with Crippen LogP contribution in [0, 0.1) is 0 Å². The Morgan fingerprint density at radius 3 is 2.82 bits per heavy atom. The Balaban J connectivity index is 1.77. The van der Waals surface area contributed by atoms with Gasteiger partial charge in [-0.15, -0.1) is 0 Å². The Morgan fingerprint density at radius 2 is 2.18 bits per heavy atom. The van der Waals surface area contributed by atoms with Crippen LogP contribution >= 0.6 is 31.9 Å². The molecule has 1 aromatic rings. The molecule has 1 aromatic carbocycles. The summed E-state index contributed by atoms with van der Waals surface area (Å²) in [5, 5.41) is 3.42. The zero-order chi connectivity index (χ0) is 12.3. The standard InChI is InChI=1S/C13H15Br2NO/c1-9(7-16-11-3-4-11)8-17-13-5-2-10(14)6-12(13)15/h2,5-6,11,16H,1,3-4,7-8H2. The van der Waals surface area contributed by atoms with Crippen molar-refractivity contribution in [3.8, 4) is 5.75 Å². The van der Waals surface area contributed by atoms with Crippen LogP contribution in [0.3, 0.4) is 0 Å². The molecule has 0 radical (unpaired) electrons. The molecule has 2 rings (SSSR count). The molecule has 1 saturated carbocycles. The fraction of sp³-hybridized carbons (Fsp3) is 0.385. The minimum atomic E-state index is 0.556. The van der Waals surface area contributed by atoms with Crippen molar-refractivity contribution in [2.45, 2.75) is 18.9 Å². The summed E-state index contributed by atoms with van der Waals surface area (Å²) in [6.07, 6.45) is 2.60. The second-order valence-corrected chi connectivity index (χ2v) is 6.04. The van der Waals surface area contributed by atoms with Gasteiger partial charge in [0.15, 0.2) is 0 Å². The van der Waals surface area contributed by atoms with Gasteiger partial charge in [-0.2, -0.15) is 0 Å². The van der Waals surface area contributed by atoms with Gasteiger partial charge in [0.2, 0.25) is 0 Å². The van der Waals surface area contributed by atoms with Gasteiger partial charge in [-0.3, -0.25) is 0 Å². The molecule has 1 fully saturated rings. The van der Waals surface area contributed by atoms with Crippen LogP contribution in [0.4, 0.5) is 0 Å². The number of hydrogen-bond acceptors (Lipinski definition) is 2. The SMILES string of the molecule is C=C(CNC1CC1)COc1ccc(Br)cc1Br. The monoisotopic (exact) mass is 359 g/mol. The summed E-state index contributed by atoms with van der Waals surface area (Å²) in [6.45, 7) is 5.41. The lowest BCUT2D eigenvalue weighted by molar-refractivity contribution is 0.346. The summed E-state index contributed by atoms with van der Waals surface area (Å²) in [4.78, 5) is 0. The highest BCUT2D eigenvalue weighted by Crippen LogP contribution is 2.28. The van der Waals surface area contributed by atoms with Crippen molar-refractivity contribution < 1.29 is 4.74 Å². The van der Waals surface area contributed by atoms with E-state index < -0.39 is 0 Å². The summed E-state index contributed by atoms with van der Waals surface area (Å²) in [5.41, 5.74) is 1.08. The Hall–Kier alpha value is -0.320. The van der Waals surface area contributed by atoms with Crippen LogP contribution < -0.4 is 10.1 Å². The van der Waals surface area contributed by atoms with Gasteiger partial charge in [0.25, 0.3) is 0 Å². The zero-order valence-electron chi connectivity index (χ0n) is 9.51. The van der Waals surface area contributed by atoms with E-state index in [2.05, 4.69) is 43.8 Å². The molecule has 0 bridgehead atoms. The third-order valence-electron chi connectivity index (χ3n) is 2.54. The molecule has 17 heavy (non-hydrogen) atoms. The third-order valence-corrected chi connectivity index (χ3v) is 3.66. The van der Waals surface area contributed by atoms with E-state index >= 15 is 0 Å². The Kier molecular flexibility index (Phi) is 4.65. The maximum Gasteiger partial charge on any atom is 0.134 e. The van der Waals surface area contributed by atoms with E-state index in [1.165, 1.54) is 12.8 Å². The van der Waals surface area contributed by atoms with Crippen LogP contribution in [0.1, 0.15) is 12.8 Å². The number of halogens is 2. The van der Waals surface area contributed by atoms with Gasteiger partial charge >= 0.3 is 0 Å². The van der Waals surface area contributed by atoms with E-state index in [0.29, 0.717) is 12.6 Å². The van der Waals surface area contributed by atoms with Crippen molar-refractivity contribution in [3.05, 3.63) is 39.3 Å². The lowest BCUT2D eigenvalue weighted by Gasteiger charge is -2.11. The molecular weight excluding hydrogens is 346 g/mol. The van der Waals surface area contributed by atoms with Crippen molar-refractivity contribution in [2.75, 3.05) is 13.2 Å². The molecule has 2 nitrogen and oxygen atoms in total. The number of benzene rings is 1. The molecule has 0 saturated heterocycles. The van der Waals surface area contributed by atoms with Gasteiger partial charge in [0, 0.05) is 17.1 Å². The Bertz CT molecular complexity index is 416. The first-order valence-electron chi connectivity index (χ1n) is 5.63. The van der Waals surface area contributed by atoms with E-state index in [4.69, 9.17) is 4.74 Å². The molecule has 0 spiro atoms. The highest BCUT2D eigenvalue weighted by molar-refractivity contribution is 9.11. The van der Waals surface area contributed by atoms with Crippen LogP contribution in [0.5, 0.6) is 5.75 Å². The van der Waals surface area contributed by atoms with E-state index in [1.54, 1.807) is 0 Å². The largest absolute Gasteiger partial charge is 0.488 e. The van der Waals surface area contributed by atoms with Crippen LogP contribution in [0.15, 0.2) is 39.3 Å². The van der Waals surface area contributed by atoms with Crippen molar-refractivity contribution in [1.82, 2.24) is 5.32 Å². The van der Waals surface area contributed by atoms with Gasteiger partial charge in [0.1, 0.15) is 12.4 Å². The predicted octanol–water partition coefficient (Wildman–Crippen LogP) is 3.90. The van der Waals surface area contributed by atoms with Gasteiger partial charge in [-0.05, 0) is 52.5 Å². The highest BCUT2D eigenvalue weighted by atomic mass is 79.9. The van der Waals surface area contributed by atoms with E-state index in [1.807, 2.05) is 18.2 Å². The molecule has 0 unspecified atom stereocenters. The van der Waals surface area contributed by atoms with Crippen molar-refractivity contribution >= 4 is 31.9 Å². The van der Waals surface area contributed by atoms with E-state index in [-0.39, 0.29) is 0 Å². The molecule has 0 heterocycles. The summed E-state index contributed by atoms with van der Waals surface area (Å²) >= 11 is 6.88. The number of hydrogen-bond donors (Lipinski definition) is 1. The van der Waals surface area contributed by atoms with Crippen molar-refractivity contribution in [1.29, 1.82) is 0 Å². The minimum Gasteiger partial charge on any atom is -0.488 e. The average molecular weight is 361 g/mol. The first-order valence-corrected chi connectivity index (χ1v) is 7.21. The lowest BCUT2D eigenvalue weighted by Crippen LogP contribution is -2.21. The van der Waals surface area contributed by atoms with Gasteiger partial charge in [-0.25, -0.2) is 0 Å². The van der Waals surface area contributed by atoms with Gasteiger partial charge in [0.05, 0.1) is 4.47 Å². The van der Waals surface area contributed by atoms with Gasteiger partial charge < -0.3 is 10.1 Å². The highest BCUT2D eigenvalue weighted by Gasteiger charge is 2.20. The fourth-order valence-electron chi connectivity index (χ4n) is 1.40. The first kappa shape index (κ1) is 13.1. The summed E-state index contributed by atoms with van der Waals surface area (Å²) in [7, 11) is 0. The molecule has 0 atom stereocenters. The Labute approximate surface area is 119 Å². The minimum absolute atomic E-state index is 0.556. The maximum absolute atomic E-state index is 5.70. The lowest BCUT2D eigenvalue weighted by atomic mass is 10.3. The van der Waals surface area contributed by atoms with E-state index in [0.717, 1.165) is 26.8 Å². The van der Waals surface area contributed by atoms with E-state index in [9.17, 15) is 0 Å². The molecule has 1 N–H and O–H groups in total. The molecule has 0 aromatic heterocycles. The van der Waals surface area contributed by atoms with Crippen LogP contribution in [0.25, 0.3) is 0 Å². The van der Waals surface area contributed by atoms with Crippen molar-refractivity contribution in [2.24, 2.45) is 0 Å². The second-order valence-electron chi connectivity index (χ2n) is 4.27. The maximum atomic E-state index is 5.70. The summed E-state index contributed by atoms with van der Waals surface area (Å²) in [5.74, 6) is 0.848. The molecule has 4 heteroatoms. The topological polar surface area (TPSA) is 21.3 Å². The molecular formula is C13H15Br2NO. The molecule has 1 aliphatic rings. The Morgan fingerprint density at radius 1 is 1.41 bits per heavy atom. The number of rotatable bonds is 6. The van der Waals surface area contributed by atoms with Crippen LogP contribution in [-0.2, 0) is 0 Å². The summed E-state index contributed by atoms with van der Waals surface area (Å²) in [6, 6.07) is 6.59. The normalized spacial score (nSPS) is 14.7. The second kappa shape index (κ2) is 6.03. The van der Waals surface area contributed by atoms with Crippen molar-refractivity contribution in [3.63, 3.8) is 0 Å².